The van der Waals surface area contributed by atoms with Crippen LogP contribution in [0.3, 0.4) is 0 Å². The topological polar surface area (TPSA) is 82.6 Å². The molecule has 1 aliphatic rings. The van der Waals surface area contributed by atoms with E-state index in [1.165, 1.54) is 32.3 Å². The van der Waals surface area contributed by atoms with Gasteiger partial charge >= 0.3 is 0 Å². The molecule has 1 fully saturated rings. The highest BCUT2D eigenvalue weighted by molar-refractivity contribution is 7.89. The van der Waals surface area contributed by atoms with Crippen LogP contribution in [-0.4, -0.2) is 50.8 Å². The van der Waals surface area contributed by atoms with E-state index in [4.69, 9.17) is 11.6 Å². The van der Waals surface area contributed by atoms with E-state index in [1.807, 2.05) is 12.1 Å². The number of carbonyl (C=O) groups is 1. The standard InChI is InChI=1S/C19H23ClN4O3S/c1-23(2)28(26,27)15-5-6-17(20)16(12-15)19(25)22-13-14-7-8-21-18(11-14)24-9-3-4-10-24/h5-8,11-12H,3-4,9-10,13H2,1-2H3,(H,22,25). The lowest BCUT2D eigenvalue weighted by molar-refractivity contribution is 0.0951. The van der Waals surface area contributed by atoms with E-state index in [9.17, 15) is 13.2 Å². The first kappa shape index (κ1) is 20.6. The second kappa shape index (κ2) is 8.46. The summed E-state index contributed by atoms with van der Waals surface area (Å²) in [6.07, 6.45) is 4.05. The Morgan fingerprint density at radius 1 is 1.21 bits per heavy atom. The summed E-state index contributed by atoms with van der Waals surface area (Å²) in [7, 11) is -0.780. The van der Waals surface area contributed by atoms with Gasteiger partial charge in [-0.25, -0.2) is 17.7 Å². The summed E-state index contributed by atoms with van der Waals surface area (Å²) in [6, 6.07) is 7.91. The van der Waals surface area contributed by atoms with Crippen LogP contribution in [-0.2, 0) is 16.6 Å². The van der Waals surface area contributed by atoms with Gasteiger partial charge in [0.1, 0.15) is 5.82 Å². The first-order chi connectivity index (χ1) is 13.3. The normalized spacial score (nSPS) is 14.5. The maximum absolute atomic E-state index is 12.6. The van der Waals surface area contributed by atoms with Crippen LogP contribution in [0.25, 0.3) is 0 Å². The van der Waals surface area contributed by atoms with Gasteiger partial charge in [0, 0.05) is 39.9 Å². The Balaban J connectivity index is 1.74. The number of amides is 1. The van der Waals surface area contributed by atoms with E-state index in [-0.39, 0.29) is 15.5 Å². The number of anilines is 1. The Morgan fingerprint density at radius 3 is 2.61 bits per heavy atom. The zero-order valence-corrected chi connectivity index (χ0v) is 17.4. The van der Waals surface area contributed by atoms with Crippen molar-refractivity contribution in [3.8, 4) is 0 Å². The molecule has 1 aliphatic heterocycles. The molecule has 0 radical (unpaired) electrons. The summed E-state index contributed by atoms with van der Waals surface area (Å²) in [6.45, 7) is 2.28. The smallest absolute Gasteiger partial charge is 0.253 e. The number of hydrogen-bond donors (Lipinski definition) is 1. The van der Waals surface area contributed by atoms with Crippen molar-refractivity contribution in [1.29, 1.82) is 0 Å². The first-order valence-electron chi connectivity index (χ1n) is 8.99. The number of aromatic nitrogens is 1. The molecule has 1 amide bonds. The highest BCUT2D eigenvalue weighted by Crippen LogP contribution is 2.23. The lowest BCUT2D eigenvalue weighted by Crippen LogP contribution is -2.25. The average Bonchev–Trinajstić information content (AvgIpc) is 3.21. The Bertz CT molecular complexity index is 973. The molecule has 0 atom stereocenters. The van der Waals surface area contributed by atoms with Crippen LogP contribution in [0.2, 0.25) is 5.02 Å². The van der Waals surface area contributed by atoms with Crippen LogP contribution in [0.15, 0.2) is 41.4 Å². The molecule has 150 valence electrons. The van der Waals surface area contributed by atoms with Crippen LogP contribution >= 0.6 is 11.6 Å². The monoisotopic (exact) mass is 422 g/mol. The Labute approximate surface area is 170 Å². The van der Waals surface area contributed by atoms with Crippen molar-refractivity contribution in [1.82, 2.24) is 14.6 Å². The van der Waals surface area contributed by atoms with E-state index < -0.39 is 15.9 Å². The number of nitrogens with one attached hydrogen (secondary N) is 1. The molecule has 7 nitrogen and oxygen atoms in total. The zero-order valence-electron chi connectivity index (χ0n) is 15.9. The largest absolute Gasteiger partial charge is 0.357 e. The zero-order chi connectivity index (χ0) is 20.3. The van der Waals surface area contributed by atoms with Gasteiger partial charge in [-0.15, -0.1) is 0 Å². The van der Waals surface area contributed by atoms with Gasteiger partial charge in [-0.1, -0.05) is 11.6 Å². The molecule has 0 unspecified atom stereocenters. The van der Waals surface area contributed by atoms with Crippen LogP contribution < -0.4 is 10.2 Å². The molecule has 0 aliphatic carbocycles. The molecule has 1 saturated heterocycles. The van der Waals surface area contributed by atoms with E-state index in [0.29, 0.717) is 6.54 Å². The molecule has 2 aromatic rings. The maximum Gasteiger partial charge on any atom is 0.253 e. The van der Waals surface area contributed by atoms with Crippen molar-refractivity contribution in [2.45, 2.75) is 24.3 Å². The second-order valence-corrected chi connectivity index (χ2v) is 9.39. The number of benzene rings is 1. The molecule has 0 bridgehead atoms. The van der Waals surface area contributed by atoms with Crippen molar-refractivity contribution in [3.63, 3.8) is 0 Å². The number of sulfonamides is 1. The summed E-state index contributed by atoms with van der Waals surface area (Å²) in [5.41, 5.74) is 1.04. The number of halogens is 1. The lowest BCUT2D eigenvalue weighted by atomic mass is 10.2. The summed E-state index contributed by atoms with van der Waals surface area (Å²) in [4.78, 5) is 19.2. The maximum atomic E-state index is 12.6. The van der Waals surface area contributed by atoms with Crippen LogP contribution in [0.5, 0.6) is 0 Å². The average molecular weight is 423 g/mol. The van der Waals surface area contributed by atoms with Gasteiger partial charge in [-0.2, -0.15) is 0 Å². The lowest BCUT2D eigenvalue weighted by Gasteiger charge is -2.17. The molecule has 0 saturated carbocycles. The number of nitrogens with zero attached hydrogens (tertiary/aromatic N) is 3. The molecule has 3 rings (SSSR count). The van der Waals surface area contributed by atoms with E-state index >= 15 is 0 Å². The Hall–Kier alpha value is -2.16. The van der Waals surface area contributed by atoms with Crippen molar-refractivity contribution >= 4 is 33.3 Å². The predicted molar refractivity (Wildman–Crippen MR) is 109 cm³/mol. The molecule has 0 spiro atoms. The second-order valence-electron chi connectivity index (χ2n) is 6.83. The molecule has 2 heterocycles. The molecular formula is C19H23ClN4O3S. The fraction of sp³-hybridized carbons (Fsp3) is 0.368. The van der Waals surface area contributed by atoms with E-state index in [1.54, 1.807) is 6.20 Å². The fourth-order valence-electron chi connectivity index (χ4n) is 3.02. The highest BCUT2D eigenvalue weighted by Gasteiger charge is 2.21. The summed E-state index contributed by atoms with van der Waals surface area (Å²) in [5.74, 6) is 0.474. The fourth-order valence-corrected chi connectivity index (χ4v) is 4.15. The van der Waals surface area contributed by atoms with Gasteiger partial charge in [-0.05, 0) is 48.7 Å². The van der Waals surface area contributed by atoms with Gasteiger partial charge in [-0.3, -0.25) is 4.79 Å². The van der Waals surface area contributed by atoms with Gasteiger partial charge in [0.05, 0.1) is 15.5 Å². The molecule has 1 aromatic heterocycles. The first-order valence-corrected chi connectivity index (χ1v) is 10.8. The summed E-state index contributed by atoms with van der Waals surface area (Å²) >= 11 is 6.13. The minimum absolute atomic E-state index is 0.0206. The van der Waals surface area contributed by atoms with E-state index in [2.05, 4.69) is 15.2 Å². The third kappa shape index (κ3) is 4.45. The molecule has 1 aromatic carbocycles. The Morgan fingerprint density at radius 2 is 1.93 bits per heavy atom. The summed E-state index contributed by atoms with van der Waals surface area (Å²) < 4.78 is 25.7. The van der Waals surface area contributed by atoms with Crippen molar-refractivity contribution in [3.05, 3.63) is 52.7 Å². The number of pyridine rings is 1. The van der Waals surface area contributed by atoms with E-state index in [0.717, 1.165) is 41.6 Å². The van der Waals surface area contributed by atoms with Gasteiger partial charge < -0.3 is 10.2 Å². The van der Waals surface area contributed by atoms with Crippen LogP contribution in [0.4, 0.5) is 5.82 Å². The predicted octanol–water partition coefficient (Wildman–Crippen LogP) is 2.52. The third-order valence-electron chi connectivity index (χ3n) is 4.65. The van der Waals surface area contributed by atoms with Crippen molar-refractivity contribution in [2.24, 2.45) is 0 Å². The number of rotatable bonds is 6. The number of carbonyl (C=O) groups excluding carboxylic acids is 1. The number of hydrogen-bond acceptors (Lipinski definition) is 5. The SMILES string of the molecule is CN(C)S(=O)(=O)c1ccc(Cl)c(C(=O)NCc2ccnc(N3CCCC3)c2)c1. The quantitative estimate of drug-likeness (QED) is 0.773. The van der Waals surface area contributed by atoms with Gasteiger partial charge in [0.2, 0.25) is 10.0 Å². The van der Waals surface area contributed by atoms with Crippen LogP contribution in [0.1, 0.15) is 28.8 Å². The minimum atomic E-state index is -3.65. The molecule has 9 heteroatoms. The van der Waals surface area contributed by atoms with Gasteiger partial charge in [0.15, 0.2) is 0 Å². The Kier molecular flexibility index (Phi) is 6.22. The molecule has 28 heavy (non-hydrogen) atoms. The van der Waals surface area contributed by atoms with Crippen molar-refractivity contribution in [2.75, 3.05) is 32.1 Å². The molecular weight excluding hydrogens is 400 g/mol. The van der Waals surface area contributed by atoms with Crippen LogP contribution in [0, 0.1) is 0 Å². The highest BCUT2D eigenvalue weighted by atomic mass is 35.5. The van der Waals surface area contributed by atoms with Crippen molar-refractivity contribution < 1.29 is 13.2 Å². The summed E-state index contributed by atoms with van der Waals surface area (Å²) in [5, 5.41) is 3.00. The molecule has 1 N–H and O–H groups in total. The minimum Gasteiger partial charge on any atom is -0.357 e. The third-order valence-corrected chi connectivity index (χ3v) is 6.79. The van der Waals surface area contributed by atoms with Gasteiger partial charge in [0.25, 0.3) is 5.91 Å².